The Morgan fingerprint density at radius 2 is 1.65 bits per heavy atom. The number of rotatable bonds is 6. The van der Waals surface area contributed by atoms with Crippen molar-refractivity contribution in [2.75, 3.05) is 11.5 Å². The topological polar surface area (TPSA) is 80.5 Å². The average Bonchev–Trinajstić information content (AvgIpc) is 3.36. The van der Waals surface area contributed by atoms with E-state index in [9.17, 15) is 4.79 Å². The molecule has 0 aliphatic carbocycles. The molecule has 1 aliphatic rings. The van der Waals surface area contributed by atoms with Crippen LogP contribution in [0.4, 0.5) is 10.5 Å². The Labute approximate surface area is 197 Å². The molecule has 0 fully saturated rings. The van der Waals surface area contributed by atoms with E-state index in [-0.39, 0.29) is 6.03 Å². The van der Waals surface area contributed by atoms with Crippen molar-refractivity contribution in [2.24, 2.45) is 0 Å². The van der Waals surface area contributed by atoms with Gasteiger partial charge in [0.25, 0.3) is 5.89 Å². The van der Waals surface area contributed by atoms with Crippen molar-refractivity contribution in [3.63, 3.8) is 0 Å². The van der Waals surface area contributed by atoms with Crippen LogP contribution in [0, 0.1) is 0 Å². The number of carbonyl (C=O) groups excluding carboxylic acids is 1. The molecule has 2 amide bonds. The number of ether oxygens (including phenoxy) is 1. The van der Waals surface area contributed by atoms with Crippen LogP contribution in [0.3, 0.4) is 0 Å². The Bertz CT molecular complexity index is 1320. The van der Waals surface area contributed by atoms with Gasteiger partial charge in [-0.3, -0.25) is 4.90 Å². The number of hydrogen-bond acceptors (Lipinski definition) is 5. The molecule has 1 unspecified atom stereocenters. The van der Waals surface area contributed by atoms with Crippen LogP contribution in [0.2, 0.25) is 0 Å². The second-order valence-electron chi connectivity index (χ2n) is 7.84. The van der Waals surface area contributed by atoms with Crippen molar-refractivity contribution < 1.29 is 14.1 Å². The summed E-state index contributed by atoms with van der Waals surface area (Å²) >= 11 is 0. The lowest BCUT2D eigenvalue weighted by Gasteiger charge is -2.35. The molecular weight excluding hydrogens is 428 g/mol. The lowest BCUT2D eigenvalue weighted by atomic mass is 9.94. The average molecular weight is 453 g/mol. The van der Waals surface area contributed by atoms with Gasteiger partial charge < -0.3 is 14.6 Å². The Morgan fingerprint density at radius 1 is 0.971 bits per heavy atom. The number of aromatic nitrogens is 2. The Balaban J connectivity index is 1.61. The van der Waals surface area contributed by atoms with E-state index < -0.39 is 6.04 Å². The molecule has 3 aromatic carbocycles. The van der Waals surface area contributed by atoms with E-state index >= 15 is 0 Å². The van der Waals surface area contributed by atoms with Crippen LogP contribution >= 0.6 is 0 Å². The minimum Gasteiger partial charge on any atom is -0.494 e. The van der Waals surface area contributed by atoms with Gasteiger partial charge in [0.1, 0.15) is 5.75 Å². The molecule has 1 N–H and O–H groups in total. The molecule has 0 saturated carbocycles. The molecule has 7 nitrogen and oxygen atoms in total. The summed E-state index contributed by atoms with van der Waals surface area (Å²) in [5.74, 6) is 1.60. The minimum atomic E-state index is -0.434. The first-order valence-corrected chi connectivity index (χ1v) is 11.1. The zero-order chi connectivity index (χ0) is 23.5. The highest BCUT2D eigenvalue weighted by Crippen LogP contribution is 2.39. The fourth-order valence-corrected chi connectivity index (χ4v) is 4.12. The number of hydrogen-bond donors (Lipinski definition) is 1. The molecular formula is C27H24N4O3. The van der Waals surface area contributed by atoms with Gasteiger partial charge in [-0.1, -0.05) is 65.8 Å². The monoisotopic (exact) mass is 452 g/mol. The molecule has 0 radical (unpaired) electrons. The van der Waals surface area contributed by atoms with Gasteiger partial charge in [-0.05, 0) is 43.7 Å². The summed E-state index contributed by atoms with van der Waals surface area (Å²) in [6.45, 7) is 4.40. The van der Waals surface area contributed by atoms with Gasteiger partial charge in [0.15, 0.2) is 0 Å². The summed E-state index contributed by atoms with van der Waals surface area (Å²) in [6.07, 6.45) is 0. The molecule has 34 heavy (non-hydrogen) atoms. The normalized spacial score (nSPS) is 15.9. The highest BCUT2D eigenvalue weighted by Gasteiger charge is 2.36. The molecule has 1 atom stereocenters. The SMILES string of the molecule is CCOc1ccc(N2C(=O)NC(c3ccccc3)C(c3nc(-c4ccccc4)no3)=C2C)cc1. The fourth-order valence-electron chi connectivity index (χ4n) is 4.12. The number of allylic oxidation sites excluding steroid dienone is 1. The summed E-state index contributed by atoms with van der Waals surface area (Å²) in [7, 11) is 0. The maximum Gasteiger partial charge on any atom is 0.326 e. The van der Waals surface area contributed by atoms with E-state index in [2.05, 4.69) is 15.5 Å². The smallest absolute Gasteiger partial charge is 0.326 e. The van der Waals surface area contributed by atoms with Gasteiger partial charge in [0.05, 0.1) is 23.9 Å². The van der Waals surface area contributed by atoms with E-state index in [1.54, 1.807) is 4.90 Å². The van der Waals surface area contributed by atoms with E-state index in [1.165, 1.54) is 0 Å². The predicted molar refractivity (Wildman–Crippen MR) is 130 cm³/mol. The van der Waals surface area contributed by atoms with Crippen LogP contribution in [0.25, 0.3) is 17.0 Å². The van der Waals surface area contributed by atoms with Gasteiger partial charge in [0, 0.05) is 11.3 Å². The van der Waals surface area contributed by atoms with Gasteiger partial charge in [0.2, 0.25) is 5.82 Å². The van der Waals surface area contributed by atoms with E-state index in [4.69, 9.17) is 9.26 Å². The third-order valence-electron chi connectivity index (χ3n) is 5.71. The summed E-state index contributed by atoms with van der Waals surface area (Å²) < 4.78 is 11.3. The molecule has 4 aromatic rings. The van der Waals surface area contributed by atoms with Crippen LogP contribution in [-0.2, 0) is 0 Å². The molecule has 2 heterocycles. The lowest BCUT2D eigenvalue weighted by Crippen LogP contribution is -2.46. The van der Waals surface area contributed by atoms with E-state index in [0.29, 0.717) is 29.7 Å². The minimum absolute atomic E-state index is 0.234. The number of nitrogens with one attached hydrogen (secondary N) is 1. The number of nitrogens with zero attached hydrogens (tertiary/aromatic N) is 3. The molecule has 170 valence electrons. The largest absolute Gasteiger partial charge is 0.494 e. The summed E-state index contributed by atoms with van der Waals surface area (Å²) in [5, 5.41) is 7.32. The summed E-state index contributed by atoms with van der Waals surface area (Å²) in [5.41, 5.74) is 3.95. The Kier molecular flexibility index (Phi) is 5.82. The Morgan fingerprint density at radius 3 is 2.32 bits per heavy atom. The highest BCUT2D eigenvalue weighted by molar-refractivity contribution is 6.01. The zero-order valence-corrected chi connectivity index (χ0v) is 18.9. The van der Waals surface area contributed by atoms with Gasteiger partial charge in [-0.25, -0.2) is 4.79 Å². The number of anilines is 1. The third kappa shape index (κ3) is 4.03. The lowest BCUT2D eigenvalue weighted by molar-refractivity contribution is 0.244. The first kappa shape index (κ1) is 21.5. The van der Waals surface area contributed by atoms with Crippen molar-refractivity contribution in [2.45, 2.75) is 19.9 Å². The number of amides is 2. The second kappa shape index (κ2) is 9.23. The van der Waals surface area contributed by atoms with Gasteiger partial charge in [-0.2, -0.15) is 4.98 Å². The van der Waals surface area contributed by atoms with Crippen molar-refractivity contribution in [1.29, 1.82) is 0 Å². The van der Waals surface area contributed by atoms with E-state index in [1.807, 2.05) is 98.8 Å². The molecule has 0 spiro atoms. The van der Waals surface area contributed by atoms with Crippen molar-refractivity contribution in [3.05, 3.63) is 102 Å². The highest BCUT2D eigenvalue weighted by atomic mass is 16.5. The van der Waals surface area contributed by atoms with Crippen molar-refractivity contribution >= 4 is 17.3 Å². The number of benzene rings is 3. The van der Waals surface area contributed by atoms with E-state index in [0.717, 1.165) is 22.4 Å². The second-order valence-corrected chi connectivity index (χ2v) is 7.84. The van der Waals surface area contributed by atoms with Gasteiger partial charge in [-0.15, -0.1) is 0 Å². The predicted octanol–water partition coefficient (Wildman–Crippen LogP) is 5.84. The molecule has 0 saturated heterocycles. The quantitative estimate of drug-likeness (QED) is 0.398. The standard InChI is InChI=1S/C27H24N4O3/c1-3-33-22-16-14-21(15-17-22)31-18(2)23(24(28-27(31)32)19-10-6-4-7-11-19)26-29-25(30-34-26)20-12-8-5-9-13-20/h4-17,24H,3H2,1-2H3,(H,28,32). The van der Waals surface area contributed by atoms with Crippen LogP contribution in [0.15, 0.2) is 95.1 Å². The first-order valence-electron chi connectivity index (χ1n) is 11.1. The van der Waals surface area contributed by atoms with Crippen LogP contribution in [-0.4, -0.2) is 22.8 Å². The Hall–Kier alpha value is -4.39. The van der Waals surface area contributed by atoms with Crippen LogP contribution in [0.5, 0.6) is 5.75 Å². The summed E-state index contributed by atoms with van der Waals surface area (Å²) in [4.78, 5) is 19.6. The molecule has 0 bridgehead atoms. The van der Waals surface area contributed by atoms with Crippen LogP contribution in [0.1, 0.15) is 31.3 Å². The summed E-state index contributed by atoms with van der Waals surface area (Å²) in [6, 6.07) is 26.2. The van der Waals surface area contributed by atoms with Crippen molar-refractivity contribution in [1.82, 2.24) is 15.5 Å². The number of carbonyl (C=O) groups is 1. The molecule has 5 rings (SSSR count). The van der Waals surface area contributed by atoms with Gasteiger partial charge >= 0.3 is 6.03 Å². The maximum absolute atomic E-state index is 13.3. The fraction of sp³-hybridized carbons (Fsp3) is 0.148. The molecule has 1 aromatic heterocycles. The number of urea groups is 1. The molecule has 1 aliphatic heterocycles. The van der Waals surface area contributed by atoms with Crippen LogP contribution < -0.4 is 15.0 Å². The zero-order valence-electron chi connectivity index (χ0n) is 18.9. The first-order chi connectivity index (χ1) is 16.7. The van der Waals surface area contributed by atoms with Crippen molar-refractivity contribution in [3.8, 4) is 17.1 Å². The maximum atomic E-state index is 13.3. The molecule has 7 heteroatoms. The third-order valence-corrected chi connectivity index (χ3v) is 5.71.